The van der Waals surface area contributed by atoms with E-state index in [2.05, 4.69) is 5.32 Å². The lowest BCUT2D eigenvalue weighted by atomic mass is 9.94. The van der Waals surface area contributed by atoms with Crippen molar-refractivity contribution in [3.8, 4) is 0 Å². The number of carbonyl (C=O) groups excluding carboxylic acids is 2. The Morgan fingerprint density at radius 3 is 2.50 bits per heavy atom. The fraction of sp³-hybridized carbons (Fsp3) is 0.800. The van der Waals surface area contributed by atoms with E-state index in [4.69, 9.17) is 0 Å². The van der Waals surface area contributed by atoms with E-state index < -0.39 is 5.54 Å². The van der Waals surface area contributed by atoms with Gasteiger partial charge in [0.25, 0.3) is 0 Å². The molecule has 1 heterocycles. The zero-order valence-corrected chi connectivity index (χ0v) is 9.09. The van der Waals surface area contributed by atoms with E-state index in [1.165, 1.54) is 0 Å². The second-order valence-corrected chi connectivity index (χ2v) is 3.81. The number of nitrogens with one attached hydrogen (secondary N) is 1. The minimum atomic E-state index is -0.495. The average molecular weight is 198 g/mol. The standard InChI is InChI=1S/C10H18N2O2/c1-4-9(14)12-6-5-10(7-12,11-3)8(2)13/h11H,4-7H2,1-3H3. The van der Waals surface area contributed by atoms with Gasteiger partial charge in [-0.25, -0.2) is 0 Å². The summed E-state index contributed by atoms with van der Waals surface area (Å²) >= 11 is 0. The van der Waals surface area contributed by atoms with Crippen molar-refractivity contribution in [2.75, 3.05) is 20.1 Å². The third kappa shape index (κ3) is 1.80. The van der Waals surface area contributed by atoms with Gasteiger partial charge < -0.3 is 10.2 Å². The lowest BCUT2D eigenvalue weighted by molar-refractivity contribution is -0.130. The van der Waals surface area contributed by atoms with Crippen LogP contribution in [0.15, 0.2) is 0 Å². The summed E-state index contributed by atoms with van der Waals surface area (Å²) in [5.74, 6) is 0.245. The molecule has 0 aromatic heterocycles. The van der Waals surface area contributed by atoms with E-state index in [1.807, 2.05) is 6.92 Å². The molecule has 0 radical (unpaired) electrons. The molecule has 0 spiro atoms. The molecule has 1 saturated heterocycles. The highest BCUT2D eigenvalue weighted by Crippen LogP contribution is 2.22. The second-order valence-electron chi connectivity index (χ2n) is 3.81. The normalized spacial score (nSPS) is 26.6. The highest BCUT2D eigenvalue weighted by molar-refractivity contribution is 5.88. The molecule has 1 unspecified atom stereocenters. The second kappa shape index (κ2) is 4.09. The van der Waals surface area contributed by atoms with Crippen molar-refractivity contribution < 1.29 is 9.59 Å². The van der Waals surface area contributed by atoms with Crippen LogP contribution in [-0.4, -0.2) is 42.3 Å². The van der Waals surface area contributed by atoms with Gasteiger partial charge in [-0.05, 0) is 20.4 Å². The lowest BCUT2D eigenvalue weighted by Gasteiger charge is -2.25. The van der Waals surface area contributed by atoms with E-state index in [0.29, 0.717) is 19.5 Å². The van der Waals surface area contributed by atoms with Gasteiger partial charge in [0, 0.05) is 19.5 Å². The Hall–Kier alpha value is -0.900. The number of Topliss-reactive ketones (excluding diaryl/α,β-unsaturated/α-hetero) is 1. The number of hydrogen-bond donors (Lipinski definition) is 1. The van der Waals surface area contributed by atoms with Crippen LogP contribution in [0, 0.1) is 0 Å². The molecular formula is C10H18N2O2. The SMILES string of the molecule is CCC(=O)N1CCC(NC)(C(C)=O)C1. The molecule has 1 aliphatic heterocycles. The molecule has 1 N–H and O–H groups in total. The van der Waals surface area contributed by atoms with E-state index in [9.17, 15) is 9.59 Å². The topological polar surface area (TPSA) is 49.4 Å². The van der Waals surface area contributed by atoms with Crippen molar-refractivity contribution in [3.05, 3.63) is 0 Å². The summed E-state index contributed by atoms with van der Waals surface area (Å²) in [7, 11) is 1.78. The minimum absolute atomic E-state index is 0.117. The molecule has 1 amide bonds. The highest BCUT2D eigenvalue weighted by atomic mass is 16.2. The largest absolute Gasteiger partial charge is 0.340 e. The van der Waals surface area contributed by atoms with Crippen molar-refractivity contribution in [1.82, 2.24) is 10.2 Å². The number of likely N-dealkylation sites (tertiary alicyclic amines) is 1. The number of amides is 1. The predicted molar refractivity (Wildman–Crippen MR) is 54.0 cm³/mol. The first-order chi connectivity index (χ1) is 6.55. The van der Waals surface area contributed by atoms with Crippen molar-refractivity contribution in [1.29, 1.82) is 0 Å². The van der Waals surface area contributed by atoms with E-state index in [1.54, 1.807) is 18.9 Å². The fourth-order valence-electron chi connectivity index (χ4n) is 1.91. The van der Waals surface area contributed by atoms with Gasteiger partial charge in [0.1, 0.15) is 0 Å². The molecule has 0 aromatic carbocycles. The van der Waals surface area contributed by atoms with Crippen LogP contribution in [0.2, 0.25) is 0 Å². The van der Waals surface area contributed by atoms with Gasteiger partial charge in [0.05, 0.1) is 5.54 Å². The zero-order valence-electron chi connectivity index (χ0n) is 9.09. The maximum absolute atomic E-state index is 11.5. The van der Waals surface area contributed by atoms with Crippen molar-refractivity contribution >= 4 is 11.7 Å². The van der Waals surface area contributed by atoms with Gasteiger partial charge in [0.15, 0.2) is 5.78 Å². The molecule has 0 aliphatic carbocycles. The molecule has 80 valence electrons. The van der Waals surface area contributed by atoms with E-state index in [0.717, 1.165) is 6.42 Å². The van der Waals surface area contributed by atoms with E-state index in [-0.39, 0.29) is 11.7 Å². The number of likely N-dealkylation sites (N-methyl/N-ethyl adjacent to an activating group) is 1. The smallest absolute Gasteiger partial charge is 0.222 e. The van der Waals surface area contributed by atoms with Crippen LogP contribution in [0.5, 0.6) is 0 Å². The summed E-state index contributed by atoms with van der Waals surface area (Å²) < 4.78 is 0. The van der Waals surface area contributed by atoms with Crippen LogP contribution in [0.1, 0.15) is 26.7 Å². The molecule has 4 nitrogen and oxygen atoms in total. The molecule has 0 saturated carbocycles. The molecule has 1 fully saturated rings. The predicted octanol–water partition coefficient (Wildman–Crippen LogP) is 0.176. The molecule has 0 bridgehead atoms. The van der Waals surface area contributed by atoms with Gasteiger partial charge >= 0.3 is 0 Å². The first kappa shape index (κ1) is 11.2. The first-order valence-electron chi connectivity index (χ1n) is 5.03. The van der Waals surface area contributed by atoms with Gasteiger partial charge in [-0.3, -0.25) is 9.59 Å². The molecular weight excluding hydrogens is 180 g/mol. The van der Waals surface area contributed by atoms with Gasteiger partial charge in [-0.15, -0.1) is 0 Å². The Morgan fingerprint density at radius 1 is 1.50 bits per heavy atom. The number of nitrogens with zero attached hydrogens (tertiary/aromatic N) is 1. The molecule has 1 aliphatic rings. The highest BCUT2D eigenvalue weighted by Gasteiger charge is 2.41. The van der Waals surface area contributed by atoms with Crippen LogP contribution >= 0.6 is 0 Å². The van der Waals surface area contributed by atoms with Crippen LogP contribution in [0.3, 0.4) is 0 Å². The van der Waals surface area contributed by atoms with Gasteiger partial charge in [0.2, 0.25) is 5.91 Å². The summed E-state index contributed by atoms with van der Waals surface area (Å²) in [5, 5.41) is 3.04. The summed E-state index contributed by atoms with van der Waals surface area (Å²) in [6.45, 7) is 4.63. The Labute approximate surface area is 84.7 Å². The van der Waals surface area contributed by atoms with Gasteiger partial charge in [-0.2, -0.15) is 0 Å². The zero-order chi connectivity index (χ0) is 10.8. The molecule has 4 heteroatoms. The number of ketones is 1. The first-order valence-corrected chi connectivity index (χ1v) is 5.03. The number of rotatable bonds is 3. The molecule has 14 heavy (non-hydrogen) atoms. The van der Waals surface area contributed by atoms with Crippen LogP contribution < -0.4 is 5.32 Å². The summed E-state index contributed by atoms with van der Waals surface area (Å²) in [4.78, 5) is 24.6. The van der Waals surface area contributed by atoms with E-state index >= 15 is 0 Å². The maximum Gasteiger partial charge on any atom is 0.222 e. The van der Waals surface area contributed by atoms with Crippen LogP contribution in [0.4, 0.5) is 0 Å². The summed E-state index contributed by atoms with van der Waals surface area (Å²) in [6.07, 6.45) is 1.24. The summed E-state index contributed by atoms with van der Waals surface area (Å²) in [5.41, 5.74) is -0.495. The number of hydrogen-bond acceptors (Lipinski definition) is 3. The third-order valence-electron chi connectivity index (χ3n) is 3.08. The van der Waals surface area contributed by atoms with Crippen molar-refractivity contribution in [2.24, 2.45) is 0 Å². The maximum atomic E-state index is 11.5. The Bertz CT molecular complexity index is 253. The van der Waals surface area contributed by atoms with Crippen LogP contribution in [-0.2, 0) is 9.59 Å². The van der Waals surface area contributed by atoms with Crippen molar-refractivity contribution in [3.63, 3.8) is 0 Å². The minimum Gasteiger partial charge on any atom is -0.340 e. The molecule has 1 rings (SSSR count). The quantitative estimate of drug-likeness (QED) is 0.703. The fourth-order valence-corrected chi connectivity index (χ4v) is 1.91. The molecule has 1 atom stereocenters. The van der Waals surface area contributed by atoms with Crippen molar-refractivity contribution in [2.45, 2.75) is 32.2 Å². The lowest BCUT2D eigenvalue weighted by Crippen LogP contribution is -2.51. The summed E-state index contributed by atoms with van der Waals surface area (Å²) in [6, 6.07) is 0. The van der Waals surface area contributed by atoms with Crippen LogP contribution in [0.25, 0.3) is 0 Å². The monoisotopic (exact) mass is 198 g/mol. The average Bonchev–Trinajstić information content (AvgIpc) is 2.62. The molecule has 0 aromatic rings. The number of carbonyl (C=O) groups is 2. The Balaban J connectivity index is 2.71. The third-order valence-corrected chi connectivity index (χ3v) is 3.08. The van der Waals surface area contributed by atoms with Gasteiger partial charge in [-0.1, -0.05) is 6.92 Å². The Morgan fingerprint density at radius 2 is 2.14 bits per heavy atom. The Kier molecular flexibility index (Phi) is 3.26.